The van der Waals surface area contributed by atoms with Gasteiger partial charge in [0.1, 0.15) is 17.2 Å². The van der Waals surface area contributed by atoms with Crippen molar-refractivity contribution in [2.75, 3.05) is 0 Å². The summed E-state index contributed by atoms with van der Waals surface area (Å²) in [5.41, 5.74) is 1.35. The van der Waals surface area contributed by atoms with Crippen LogP contribution in [0.2, 0.25) is 0 Å². The zero-order valence-corrected chi connectivity index (χ0v) is 10.8. The number of amides is 1. The van der Waals surface area contributed by atoms with Crippen LogP contribution in [-0.4, -0.2) is 16.1 Å². The summed E-state index contributed by atoms with van der Waals surface area (Å²) >= 11 is 0. The summed E-state index contributed by atoms with van der Waals surface area (Å²) in [5.74, 6) is 1.37. The van der Waals surface area contributed by atoms with Crippen LogP contribution in [0.5, 0.6) is 0 Å². The lowest BCUT2D eigenvalue weighted by Gasteiger charge is -2.09. The molecule has 0 aliphatic carbocycles. The van der Waals surface area contributed by atoms with Gasteiger partial charge in [0.2, 0.25) is 0 Å². The Morgan fingerprint density at radius 1 is 1.56 bits per heavy atom. The molecule has 2 N–H and O–H groups in total. The van der Waals surface area contributed by atoms with E-state index >= 15 is 0 Å². The van der Waals surface area contributed by atoms with Crippen LogP contribution in [0.1, 0.15) is 47.6 Å². The largest absolute Gasteiger partial charge is 0.464 e. The number of aryl methyl sites for hydroxylation is 2. The molecule has 5 heteroatoms. The number of H-pyrrole nitrogens is 1. The number of nitrogens with one attached hydrogen (secondary N) is 2. The van der Waals surface area contributed by atoms with Crippen molar-refractivity contribution < 1.29 is 9.21 Å². The van der Waals surface area contributed by atoms with Crippen LogP contribution in [0, 0.1) is 6.92 Å². The van der Waals surface area contributed by atoms with E-state index in [0.29, 0.717) is 5.69 Å². The molecule has 1 unspecified atom stereocenters. The van der Waals surface area contributed by atoms with Gasteiger partial charge in [-0.05, 0) is 38.5 Å². The Labute approximate surface area is 106 Å². The van der Waals surface area contributed by atoms with E-state index in [-0.39, 0.29) is 11.9 Å². The van der Waals surface area contributed by atoms with E-state index in [1.807, 2.05) is 32.9 Å². The highest BCUT2D eigenvalue weighted by Crippen LogP contribution is 2.16. The number of carbonyl (C=O) groups excluding carboxylic acids is 1. The van der Waals surface area contributed by atoms with Gasteiger partial charge in [-0.1, -0.05) is 6.92 Å². The Morgan fingerprint density at radius 2 is 2.33 bits per heavy atom. The first-order valence-corrected chi connectivity index (χ1v) is 6.01. The smallest absolute Gasteiger partial charge is 0.272 e. The van der Waals surface area contributed by atoms with Gasteiger partial charge in [-0.15, -0.1) is 0 Å². The highest BCUT2D eigenvalue weighted by molar-refractivity contribution is 5.92. The monoisotopic (exact) mass is 247 g/mol. The van der Waals surface area contributed by atoms with Gasteiger partial charge >= 0.3 is 0 Å². The van der Waals surface area contributed by atoms with Gasteiger partial charge in [-0.3, -0.25) is 9.89 Å². The zero-order valence-electron chi connectivity index (χ0n) is 10.8. The fraction of sp³-hybridized carbons (Fsp3) is 0.385. The SMILES string of the molecule is CCc1cc(C(=O)NC(C)c2ccc(C)o2)n[nH]1. The molecular formula is C13H17N3O2. The highest BCUT2D eigenvalue weighted by Gasteiger charge is 2.16. The van der Waals surface area contributed by atoms with Gasteiger partial charge < -0.3 is 9.73 Å². The molecule has 2 rings (SSSR count). The molecule has 0 spiro atoms. The quantitative estimate of drug-likeness (QED) is 0.871. The molecule has 5 nitrogen and oxygen atoms in total. The third-order valence-electron chi connectivity index (χ3n) is 2.78. The summed E-state index contributed by atoms with van der Waals surface area (Å²) in [4.78, 5) is 11.9. The maximum atomic E-state index is 11.9. The van der Waals surface area contributed by atoms with E-state index in [9.17, 15) is 4.79 Å². The summed E-state index contributed by atoms with van der Waals surface area (Å²) in [6.45, 7) is 5.76. The highest BCUT2D eigenvalue weighted by atomic mass is 16.3. The van der Waals surface area contributed by atoms with Crippen molar-refractivity contribution in [2.24, 2.45) is 0 Å². The van der Waals surface area contributed by atoms with Gasteiger partial charge in [0, 0.05) is 5.69 Å². The summed E-state index contributed by atoms with van der Waals surface area (Å²) < 4.78 is 5.47. The molecule has 1 atom stereocenters. The van der Waals surface area contributed by atoms with E-state index in [1.165, 1.54) is 0 Å². The van der Waals surface area contributed by atoms with Crippen molar-refractivity contribution in [3.8, 4) is 0 Å². The first-order valence-electron chi connectivity index (χ1n) is 6.01. The van der Waals surface area contributed by atoms with Crippen LogP contribution < -0.4 is 5.32 Å². The Bertz CT molecular complexity index is 542. The number of hydrogen-bond acceptors (Lipinski definition) is 3. The van der Waals surface area contributed by atoms with Crippen molar-refractivity contribution in [1.29, 1.82) is 0 Å². The first-order chi connectivity index (χ1) is 8.60. The average Bonchev–Trinajstić information content (AvgIpc) is 2.97. The van der Waals surface area contributed by atoms with Crippen LogP contribution >= 0.6 is 0 Å². The molecular weight excluding hydrogens is 230 g/mol. The molecule has 1 amide bonds. The van der Waals surface area contributed by atoms with Gasteiger partial charge in [0.25, 0.3) is 5.91 Å². The minimum atomic E-state index is -0.201. The van der Waals surface area contributed by atoms with E-state index < -0.39 is 0 Å². The second-order valence-corrected chi connectivity index (χ2v) is 4.28. The fourth-order valence-corrected chi connectivity index (χ4v) is 1.69. The topological polar surface area (TPSA) is 70.9 Å². The molecule has 2 aromatic rings. The predicted molar refractivity (Wildman–Crippen MR) is 67.3 cm³/mol. The predicted octanol–water partition coefficient (Wildman–Crippen LogP) is 2.36. The maximum Gasteiger partial charge on any atom is 0.272 e. The van der Waals surface area contributed by atoms with Gasteiger partial charge in [0.15, 0.2) is 0 Å². The Hall–Kier alpha value is -2.04. The van der Waals surface area contributed by atoms with Crippen molar-refractivity contribution in [3.63, 3.8) is 0 Å². The second-order valence-electron chi connectivity index (χ2n) is 4.28. The van der Waals surface area contributed by atoms with Gasteiger partial charge in [-0.2, -0.15) is 5.10 Å². The number of rotatable bonds is 4. The van der Waals surface area contributed by atoms with Gasteiger partial charge in [0.05, 0.1) is 6.04 Å². The normalized spacial score (nSPS) is 12.4. The minimum Gasteiger partial charge on any atom is -0.464 e. The van der Waals surface area contributed by atoms with Crippen LogP contribution in [0.15, 0.2) is 22.6 Å². The molecule has 2 aromatic heterocycles. The third kappa shape index (κ3) is 2.61. The van der Waals surface area contributed by atoms with E-state index in [1.54, 1.807) is 6.07 Å². The number of furan rings is 1. The van der Waals surface area contributed by atoms with Crippen LogP contribution in [0.3, 0.4) is 0 Å². The van der Waals surface area contributed by atoms with Gasteiger partial charge in [-0.25, -0.2) is 0 Å². The summed E-state index contributed by atoms with van der Waals surface area (Å²) in [6.07, 6.45) is 0.827. The molecule has 0 saturated carbocycles. The number of aromatic nitrogens is 2. The molecule has 2 heterocycles. The van der Waals surface area contributed by atoms with E-state index in [0.717, 1.165) is 23.6 Å². The number of aromatic amines is 1. The molecule has 0 saturated heterocycles. The fourth-order valence-electron chi connectivity index (χ4n) is 1.69. The maximum absolute atomic E-state index is 11.9. The van der Waals surface area contributed by atoms with Crippen LogP contribution in [0.25, 0.3) is 0 Å². The minimum absolute atomic E-state index is 0.173. The standard InChI is InChI=1S/C13H17N3O2/c1-4-10-7-11(16-15-10)13(17)14-9(3)12-6-5-8(2)18-12/h5-7,9H,4H2,1-3H3,(H,14,17)(H,15,16). The molecule has 0 fully saturated rings. The van der Waals surface area contributed by atoms with Crippen molar-refractivity contribution in [1.82, 2.24) is 15.5 Å². The van der Waals surface area contributed by atoms with E-state index in [2.05, 4.69) is 15.5 Å². The Kier molecular flexibility index (Phi) is 3.50. The first kappa shape index (κ1) is 12.4. The lowest BCUT2D eigenvalue weighted by molar-refractivity contribution is 0.0930. The van der Waals surface area contributed by atoms with Crippen molar-refractivity contribution >= 4 is 5.91 Å². The van der Waals surface area contributed by atoms with Crippen LogP contribution in [0.4, 0.5) is 0 Å². The summed E-state index contributed by atoms with van der Waals surface area (Å²) in [6, 6.07) is 5.33. The molecule has 96 valence electrons. The molecule has 0 aromatic carbocycles. The molecule has 0 aliphatic rings. The van der Waals surface area contributed by atoms with Crippen LogP contribution in [-0.2, 0) is 6.42 Å². The van der Waals surface area contributed by atoms with Crippen molar-refractivity contribution in [3.05, 3.63) is 41.1 Å². The Morgan fingerprint density at radius 3 is 2.89 bits per heavy atom. The summed E-state index contributed by atoms with van der Waals surface area (Å²) in [7, 11) is 0. The number of hydrogen-bond donors (Lipinski definition) is 2. The second kappa shape index (κ2) is 5.08. The average molecular weight is 247 g/mol. The lowest BCUT2D eigenvalue weighted by atomic mass is 10.2. The zero-order chi connectivity index (χ0) is 13.1. The number of nitrogens with zero attached hydrogens (tertiary/aromatic N) is 1. The molecule has 18 heavy (non-hydrogen) atoms. The Balaban J connectivity index is 2.02. The van der Waals surface area contributed by atoms with E-state index in [4.69, 9.17) is 4.42 Å². The third-order valence-corrected chi connectivity index (χ3v) is 2.78. The number of carbonyl (C=O) groups is 1. The lowest BCUT2D eigenvalue weighted by Crippen LogP contribution is -2.26. The molecule has 0 bridgehead atoms. The molecule has 0 radical (unpaired) electrons. The molecule has 0 aliphatic heterocycles. The summed E-state index contributed by atoms with van der Waals surface area (Å²) in [5, 5.41) is 9.64. The van der Waals surface area contributed by atoms with Crippen molar-refractivity contribution in [2.45, 2.75) is 33.2 Å².